The molecule has 2 bridgehead atoms. The first-order valence-electron chi connectivity index (χ1n) is 11.1. The number of fused-ring (bicyclic) bond motifs is 5. The second kappa shape index (κ2) is 6.38. The van der Waals surface area contributed by atoms with Crippen molar-refractivity contribution in [2.24, 2.45) is 10.8 Å². The van der Waals surface area contributed by atoms with Crippen molar-refractivity contribution >= 4 is 22.9 Å². The summed E-state index contributed by atoms with van der Waals surface area (Å²) < 4.78 is 23.4. The van der Waals surface area contributed by atoms with Crippen molar-refractivity contribution in [2.45, 2.75) is 77.8 Å². The van der Waals surface area contributed by atoms with E-state index in [-0.39, 0.29) is 16.6 Å². The minimum atomic E-state index is -1.46. The van der Waals surface area contributed by atoms with Gasteiger partial charge in [-0.15, -0.1) is 0 Å². The maximum absolute atomic E-state index is 13.7. The van der Waals surface area contributed by atoms with Crippen molar-refractivity contribution in [3.05, 3.63) is 39.7 Å². The molecule has 1 saturated carbocycles. The van der Waals surface area contributed by atoms with Crippen molar-refractivity contribution in [3.63, 3.8) is 0 Å². The Balaban J connectivity index is 1.64. The quantitative estimate of drug-likeness (QED) is 0.685. The average Bonchev–Trinajstić information content (AvgIpc) is 3.03. The monoisotopic (exact) mass is 456 g/mol. The summed E-state index contributed by atoms with van der Waals surface area (Å²) in [5.41, 5.74) is -3.48. The number of rotatable bonds is 2. The fourth-order valence-corrected chi connectivity index (χ4v) is 5.56. The van der Waals surface area contributed by atoms with Gasteiger partial charge in [0.25, 0.3) is 0 Å². The second-order valence-corrected chi connectivity index (χ2v) is 10.8. The van der Waals surface area contributed by atoms with Gasteiger partial charge in [-0.05, 0) is 52.7 Å². The lowest BCUT2D eigenvalue weighted by molar-refractivity contribution is -0.199. The molecule has 33 heavy (non-hydrogen) atoms. The molecule has 0 amide bonds. The Morgan fingerprint density at radius 1 is 1.09 bits per heavy atom. The summed E-state index contributed by atoms with van der Waals surface area (Å²) in [5.74, 6) is -0.795. The highest BCUT2D eigenvalue weighted by Gasteiger charge is 2.76. The molecule has 0 radical (unpaired) electrons. The first kappa shape index (κ1) is 21.9. The van der Waals surface area contributed by atoms with Gasteiger partial charge in [-0.2, -0.15) is 0 Å². The van der Waals surface area contributed by atoms with Gasteiger partial charge in [-0.3, -0.25) is 9.59 Å². The number of esters is 2. The predicted octanol–water partition coefficient (Wildman–Crippen LogP) is 3.34. The molecule has 1 aromatic heterocycles. The lowest BCUT2D eigenvalue weighted by Crippen LogP contribution is -2.53. The molecule has 1 saturated heterocycles. The minimum absolute atomic E-state index is 0.187. The Morgan fingerprint density at radius 3 is 2.39 bits per heavy atom. The summed E-state index contributed by atoms with van der Waals surface area (Å²) in [4.78, 5) is 39.0. The van der Waals surface area contributed by atoms with Crippen LogP contribution in [0.1, 0.15) is 64.7 Å². The van der Waals surface area contributed by atoms with Crippen LogP contribution >= 0.6 is 0 Å². The summed E-state index contributed by atoms with van der Waals surface area (Å²) in [7, 11) is 0. The van der Waals surface area contributed by atoms with Crippen LogP contribution in [0, 0.1) is 17.8 Å². The third-order valence-electron chi connectivity index (χ3n) is 8.42. The molecule has 8 heteroatoms. The van der Waals surface area contributed by atoms with Gasteiger partial charge in [-0.25, -0.2) is 4.79 Å². The highest BCUT2D eigenvalue weighted by atomic mass is 16.6. The van der Waals surface area contributed by atoms with Gasteiger partial charge in [0.05, 0.1) is 22.6 Å². The second-order valence-electron chi connectivity index (χ2n) is 10.8. The van der Waals surface area contributed by atoms with Crippen LogP contribution in [0.25, 0.3) is 11.0 Å². The molecule has 3 aliphatic rings. The average molecular weight is 456 g/mol. The molecule has 3 heterocycles. The number of aliphatic hydroxyl groups is 1. The zero-order chi connectivity index (χ0) is 24.1. The van der Waals surface area contributed by atoms with Crippen LogP contribution in [-0.2, 0) is 19.1 Å². The van der Waals surface area contributed by atoms with Crippen LogP contribution in [0.5, 0.6) is 5.75 Å². The van der Waals surface area contributed by atoms with E-state index in [1.165, 1.54) is 6.26 Å². The van der Waals surface area contributed by atoms with Crippen molar-refractivity contribution in [3.8, 4) is 5.75 Å². The largest absolute Gasteiger partial charge is 0.484 e. The number of aliphatic hydroxyl groups excluding tert-OH is 1. The summed E-state index contributed by atoms with van der Waals surface area (Å²) in [6.45, 7) is 10.5. The van der Waals surface area contributed by atoms with Crippen molar-refractivity contribution in [2.75, 3.05) is 0 Å². The molecule has 5 rings (SSSR count). The zero-order valence-corrected chi connectivity index (χ0v) is 19.6. The fourth-order valence-electron chi connectivity index (χ4n) is 5.56. The van der Waals surface area contributed by atoms with Crippen LogP contribution in [-0.4, -0.2) is 34.4 Å². The van der Waals surface area contributed by atoms with E-state index in [2.05, 4.69) is 0 Å². The van der Waals surface area contributed by atoms with E-state index in [0.29, 0.717) is 29.5 Å². The first-order chi connectivity index (χ1) is 15.3. The molecule has 176 valence electrons. The van der Waals surface area contributed by atoms with Crippen LogP contribution in [0.4, 0.5) is 0 Å². The molecule has 0 spiro atoms. The van der Waals surface area contributed by atoms with Gasteiger partial charge in [0.15, 0.2) is 11.5 Å². The van der Waals surface area contributed by atoms with Crippen LogP contribution in [0.2, 0.25) is 0 Å². The Hall–Kier alpha value is -2.87. The molecule has 4 atom stereocenters. The van der Waals surface area contributed by atoms with Gasteiger partial charge >= 0.3 is 11.9 Å². The van der Waals surface area contributed by atoms with Gasteiger partial charge < -0.3 is 23.7 Å². The lowest BCUT2D eigenvalue weighted by Gasteiger charge is -2.43. The maximum atomic E-state index is 13.7. The van der Waals surface area contributed by atoms with E-state index < -0.39 is 46.2 Å². The van der Waals surface area contributed by atoms with E-state index in [1.54, 1.807) is 32.9 Å². The first-order valence-corrected chi connectivity index (χ1v) is 11.1. The summed E-state index contributed by atoms with van der Waals surface area (Å²) in [6, 6.07) is 3.22. The predicted molar refractivity (Wildman–Crippen MR) is 117 cm³/mol. The van der Waals surface area contributed by atoms with Gasteiger partial charge in [0.1, 0.15) is 23.0 Å². The van der Waals surface area contributed by atoms with Gasteiger partial charge in [0, 0.05) is 11.0 Å². The van der Waals surface area contributed by atoms with Crippen molar-refractivity contribution < 1.29 is 33.3 Å². The van der Waals surface area contributed by atoms with E-state index in [9.17, 15) is 19.5 Å². The highest BCUT2D eigenvalue weighted by Crippen LogP contribution is 2.66. The van der Waals surface area contributed by atoms with Crippen LogP contribution < -0.4 is 10.2 Å². The third-order valence-corrected chi connectivity index (χ3v) is 8.42. The molecule has 2 aromatic rings. The number of carbonyl (C=O) groups is 2. The maximum Gasteiger partial charge on any atom is 0.351 e. The summed E-state index contributed by atoms with van der Waals surface area (Å²) >= 11 is 0. The number of ether oxygens (including phenoxy) is 3. The molecule has 1 aromatic carbocycles. The molecule has 2 fully saturated rings. The van der Waals surface area contributed by atoms with Gasteiger partial charge in [-0.1, -0.05) is 13.8 Å². The van der Waals surface area contributed by atoms with Gasteiger partial charge in [0.2, 0.25) is 5.60 Å². The van der Waals surface area contributed by atoms with E-state index in [0.717, 1.165) is 0 Å². The Kier molecular flexibility index (Phi) is 4.24. The Labute approximate surface area is 190 Å². The topological polar surface area (TPSA) is 112 Å². The third kappa shape index (κ3) is 2.53. The number of aryl methyl sites for hydroxylation is 1. The SMILES string of the molecule is Cc1coc2c3c(ccc2c1=O)OC(C)(C)[C@H](O)[C@@H]3OC(=O)[C@@]12CC[C@@](C)(C(=O)O1)C2(C)C. The van der Waals surface area contributed by atoms with E-state index in [1.807, 2.05) is 20.8 Å². The number of benzene rings is 1. The molecule has 1 N–H and O–H groups in total. The van der Waals surface area contributed by atoms with Crippen LogP contribution in [0.15, 0.2) is 27.6 Å². The standard InChI is InChI=1S/C25H28O8/c1-12-11-30-17-13(16(12)26)7-8-14-15(17)18(19(27)22(2,3)32-14)31-21(29)25-10-9-24(6,20(28)33-25)23(25,4)5/h7-8,11,18-19,27H,9-10H2,1-6H3/t18-,19-,24+,25-/m1/s1. The zero-order valence-electron chi connectivity index (χ0n) is 19.6. The molecule has 1 aliphatic carbocycles. The minimum Gasteiger partial charge on any atom is -0.484 e. The molecule has 0 unspecified atom stereocenters. The summed E-state index contributed by atoms with van der Waals surface area (Å²) in [6.07, 6.45) is -0.291. The Bertz CT molecular complexity index is 1270. The highest BCUT2D eigenvalue weighted by molar-refractivity contribution is 5.94. The molecule has 2 aliphatic heterocycles. The Morgan fingerprint density at radius 2 is 1.79 bits per heavy atom. The van der Waals surface area contributed by atoms with Crippen molar-refractivity contribution in [1.29, 1.82) is 0 Å². The number of hydrogen-bond acceptors (Lipinski definition) is 8. The fraction of sp³-hybridized carbons (Fsp3) is 0.560. The lowest BCUT2D eigenvalue weighted by atomic mass is 9.66. The van der Waals surface area contributed by atoms with E-state index >= 15 is 0 Å². The smallest absolute Gasteiger partial charge is 0.351 e. The normalized spacial score (nSPS) is 33.4. The van der Waals surface area contributed by atoms with Crippen molar-refractivity contribution in [1.82, 2.24) is 0 Å². The summed E-state index contributed by atoms with van der Waals surface area (Å²) in [5, 5.41) is 11.5. The number of carbonyl (C=O) groups excluding carboxylic acids is 2. The molecular weight excluding hydrogens is 428 g/mol. The van der Waals surface area contributed by atoms with Crippen LogP contribution in [0.3, 0.4) is 0 Å². The number of hydrogen-bond donors (Lipinski definition) is 1. The molecule has 8 nitrogen and oxygen atoms in total. The van der Waals surface area contributed by atoms with E-state index in [4.69, 9.17) is 18.6 Å². The molecular formula is C25H28O8.